The molecule has 7 heteroatoms. The number of thiocarbonyl (C=S) groups is 1. The summed E-state index contributed by atoms with van der Waals surface area (Å²) in [4.78, 5) is 5.40. The molecule has 0 radical (unpaired) electrons. The highest BCUT2D eigenvalue weighted by Gasteiger charge is 2.17. The van der Waals surface area contributed by atoms with Crippen molar-refractivity contribution in [2.24, 2.45) is 0 Å². The van der Waals surface area contributed by atoms with Crippen molar-refractivity contribution < 1.29 is 13.5 Å². The molecule has 0 saturated carbocycles. The lowest BCUT2D eigenvalue weighted by Gasteiger charge is -2.29. The van der Waals surface area contributed by atoms with E-state index in [2.05, 4.69) is 44.3 Å². The molecule has 1 aromatic heterocycles. The van der Waals surface area contributed by atoms with Crippen LogP contribution in [0.15, 0.2) is 60.8 Å². The Balaban J connectivity index is 1.39. The Labute approximate surface area is 166 Å². The monoisotopic (exact) mass is 399 g/mol. The van der Waals surface area contributed by atoms with Gasteiger partial charge in [0, 0.05) is 41.4 Å². The molecule has 3 aromatic rings. The first kappa shape index (κ1) is 18.4. The lowest BCUT2D eigenvalue weighted by Crippen LogP contribution is -2.37. The zero-order valence-corrected chi connectivity index (χ0v) is 15.8. The first-order valence-electron chi connectivity index (χ1n) is 8.96. The number of aromatic amines is 1. The van der Waals surface area contributed by atoms with Crippen LogP contribution in [0.3, 0.4) is 0 Å². The second kappa shape index (κ2) is 7.98. The van der Waals surface area contributed by atoms with E-state index >= 15 is 0 Å². The summed E-state index contributed by atoms with van der Waals surface area (Å²) in [5.41, 5.74) is 4.42. The molecular weight excluding hydrogens is 380 g/mol. The van der Waals surface area contributed by atoms with Crippen LogP contribution in [-0.4, -0.2) is 34.7 Å². The Hall–Kier alpha value is -2.93. The van der Waals surface area contributed by atoms with E-state index in [1.807, 2.05) is 12.1 Å². The molecule has 1 aliphatic rings. The van der Waals surface area contributed by atoms with Gasteiger partial charge in [0.2, 0.25) is 0 Å². The molecule has 2 N–H and O–H groups in total. The van der Waals surface area contributed by atoms with Crippen LogP contribution in [0.5, 0.6) is 5.75 Å². The van der Waals surface area contributed by atoms with Gasteiger partial charge in [-0.2, -0.15) is 8.78 Å². The average molecular weight is 399 g/mol. The van der Waals surface area contributed by atoms with Gasteiger partial charge in [-0.25, -0.2) is 0 Å². The van der Waals surface area contributed by atoms with E-state index in [1.54, 1.807) is 12.1 Å². The van der Waals surface area contributed by atoms with Gasteiger partial charge in [-0.15, -0.1) is 0 Å². The Morgan fingerprint density at radius 3 is 2.64 bits per heavy atom. The Kier molecular flexibility index (Phi) is 5.25. The minimum absolute atomic E-state index is 0.121. The summed E-state index contributed by atoms with van der Waals surface area (Å²) in [5, 5.41) is 4.99. The first-order chi connectivity index (χ1) is 13.6. The smallest absolute Gasteiger partial charge is 0.387 e. The summed E-state index contributed by atoms with van der Waals surface area (Å²) in [6.45, 7) is -1.30. The molecule has 0 amide bonds. The van der Waals surface area contributed by atoms with E-state index < -0.39 is 6.61 Å². The highest BCUT2D eigenvalue weighted by molar-refractivity contribution is 7.80. The number of H-pyrrole nitrogens is 1. The van der Waals surface area contributed by atoms with Crippen molar-refractivity contribution >= 4 is 39.5 Å². The highest BCUT2D eigenvalue weighted by atomic mass is 32.1. The largest absolute Gasteiger partial charge is 0.435 e. The van der Waals surface area contributed by atoms with E-state index in [0.29, 0.717) is 11.7 Å². The van der Waals surface area contributed by atoms with Gasteiger partial charge < -0.3 is 19.9 Å². The van der Waals surface area contributed by atoms with Crippen LogP contribution in [0, 0.1) is 0 Å². The van der Waals surface area contributed by atoms with Crippen LogP contribution in [-0.2, 0) is 0 Å². The standard InChI is InChI=1S/C21H19F2N3OS/c22-20(23)27-16-7-5-15(6-8-16)25-21(28)26-11-9-14(10-12-26)18-13-24-19-4-2-1-3-17(18)19/h1-9,13,20,24H,10-12H2,(H,25,28). The first-order valence-corrected chi connectivity index (χ1v) is 9.37. The summed E-state index contributed by atoms with van der Waals surface area (Å²) in [7, 11) is 0. The zero-order chi connectivity index (χ0) is 19.5. The molecule has 0 bridgehead atoms. The topological polar surface area (TPSA) is 40.3 Å². The van der Waals surface area contributed by atoms with Gasteiger partial charge in [0.15, 0.2) is 5.11 Å². The molecule has 0 spiro atoms. The molecule has 0 atom stereocenters. The van der Waals surface area contributed by atoms with E-state index in [4.69, 9.17) is 12.2 Å². The van der Waals surface area contributed by atoms with Gasteiger partial charge in [0.1, 0.15) is 5.75 Å². The van der Waals surface area contributed by atoms with E-state index in [-0.39, 0.29) is 5.75 Å². The van der Waals surface area contributed by atoms with Gasteiger partial charge >= 0.3 is 6.61 Å². The van der Waals surface area contributed by atoms with Gasteiger partial charge in [-0.05, 0) is 54.5 Å². The minimum Gasteiger partial charge on any atom is -0.435 e. The molecular formula is C21H19F2N3OS. The fourth-order valence-corrected chi connectivity index (χ4v) is 3.64. The van der Waals surface area contributed by atoms with E-state index in [1.165, 1.54) is 28.7 Å². The molecule has 1 aliphatic heterocycles. The van der Waals surface area contributed by atoms with E-state index in [9.17, 15) is 8.78 Å². The number of anilines is 1. The van der Waals surface area contributed by atoms with Crippen molar-refractivity contribution in [3.63, 3.8) is 0 Å². The number of nitrogens with one attached hydrogen (secondary N) is 2. The fraction of sp³-hybridized carbons (Fsp3) is 0.190. The number of alkyl halides is 2. The predicted octanol–water partition coefficient (Wildman–Crippen LogP) is 5.26. The van der Waals surface area contributed by atoms with Crippen molar-refractivity contribution in [3.05, 3.63) is 66.4 Å². The molecule has 0 fully saturated rings. The summed E-state index contributed by atoms with van der Waals surface area (Å²) in [6, 6.07) is 14.6. The van der Waals surface area contributed by atoms with Crippen LogP contribution < -0.4 is 10.1 Å². The van der Waals surface area contributed by atoms with Crippen molar-refractivity contribution in [1.29, 1.82) is 0 Å². The number of rotatable bonds is 4. The Morgan fingerprint density at radius 2 is 1.93 bits per heavy atom. The van der Waals surface area contributed by atoms with E-state index in [0.717, 1.165) is 24.2 Å². The fourth-order valence-electron chi connectivity index (χ4n) is 3.36. The predicted molar refractivity (Wildman–Crippen MR) is 112 cm³/mol. The second-order valence-electron chi connectivity index (χ2n) is 6.51. The summed E-state index contributed by atoms with van der Waals surface area (Å²) in [5.74, 6) is 0.121. The minimum atomic E-state index is -2.83. The number of hydrogen-bond acceptors (Lipinski definition) is 2. The van der Waals surface area contributed by atoms with Crippen molar-refractivity contribution in [2.75, 3.05) is 18.4 Å². The molecule has 144 valence electrons. The lowest BCUT2D eigenvalue weighted by atomic mass is 9.99. The number of halogens is 2. The molecule has 0 saturated heterocycles. The van der Waals surface area contributed by atoms with Crippen LogP contribution in [0.1, 0.15) is 12.0 Å². The maximum atomic E-state index is 12.2. The molecule has 28 heavy (non-hydrogen) atoms. The molecule has 4 nitrogen and oxygen atoms in total. The van der Waals surface area contributed by atoms with Crippen molar-refractivity contribution in [1.82, 2.24) is 9.88 Å². The number of aromatic nitrogens is 1. The second-order valence-corrected chi connectivity index (χ2v) is 6.89. The van der Waals surface area contributed by atoms with Gasteiger partial charge in [0.25, 0.3) is 0 Å². The molecule has 4 rings (SSSR count). The highest BCUT2D eigenvalue weighted by Crippen LogP contribution is 2.29. The summed E-state index contributed by atoms with van der Waals surface area (Å²) in [6.07, 6.45) is 5.16. The van der Waals surface area contributed by atoms with Gasteiger partial charge in [-0.1, -0.05) is 24.3 Å². The number of ether oxygens (including phenoxy) is 1. The maximum absolute atomic E-state index is 12.2. The van der Waals surface area contributed by atoms with Crippen molar-refractivity contribution in [3.8, 4) is 5.75 Å². The third-order valence-corrected chi connectivity index (χ3v) is 5.12. The number of benzene rings is 2. The van der Waals surface area contributed by atoms with Crippen LogP contribution in [0.2, 0.25) is 0 Å². The molecule has 0 unspecified atom stereocenters. The quantitative estimate of drug-likeness (QED) is 0.588. The van der Waals surface area contributed by atoms with Gasteiger partial charge in [0.05, 0.1) is 0 Å². The van der Waals surface area contributed by atoms with Gasteiger partial charge in [-0.3, -0.25) is 0 Å². The normalized spacial score (nSPS) is 14.2. The summed E-state index contributed by atoms with van der Waals surface area (Å²) >= 11 is 5.50. The Bertz CT molecular complexity index is 1010. The van der Waals surface area contributed by atoms with Crippen LogP contribution >= 0.6 is 12.2 Å². The lowest BCUT2D eigenvalue weighted by molar-refractivity contribution is -0.0498. The SMILES string of the molecule is FC(F)Oc1ccc(NC(=S)N2CC=C(c3c[nH]c4ccccc34)CC2)cc1. The zero-order valence-electron chi connectivity index (χ0n) is 15.0. The number of para-hydroxylation sites is 1. The average Bonchev–Trinajstić information content (AvgIpc) is 3.13. The third-order valence-electron chi connectivity index (χ3n) is 4.76. The molecule has 2 heterocycles. The third kappa shape index (κ3) is 3.99. The maximum Gasteiger partial charge on any atom is 0.387 e. The number of fused-ring (bicyclic) bond motifs is 1. The summed E-state index contributed by atoms with van der Waals surface area (Å²) < 4.78 is 28.8. The molecule has 2 aromatic carbocycles. The van der Waals surface area contributed by atoms with Crippen LogP contribution in [0.4, 0.5) is 14.5 Å². The number of hydrogen-bond donors (Lipinski definition) is 2. The van der Waals surface area contributed by atoms with Crippen molar-refractivity contribution in [2.45, 2.75) is 13.0 Å². The Morgan fingerprint density at radius 1 is 1.14 bits per heavy atom. The van der Waals surface area contributed by atoms with Crippen LogP contribution in [0.25, 0.3) is 16.5 Å². The number of nitrogens with zero attached hydrogens (tertiary/aromatic N) is 1. The molecule has 0 aliphatic carbocycles.